The molecule has 12 nitrogen and oxygen atoms in total. The molecule has 0 radical (unpaired) electrons. The molecule has 0 amide bonds. The van der Waals surface area contributed by atoms with Crippen LogP contribution in [-0.4, -0.2) is 29.2 Å². The second-order valence-electron chi connectivity index (χ2n) is 12.1. The van der Waals surface area contributed by atoms with Crippen molar-refractivity contribution in [2.24, 2.45) is 0 Å². The summed E-state index contributed by atoms with van der Waals surface area (Å²) < 4.78 is 3.82. The maximum Gasteiger partial charge on any atom is 0.237 e. The van der Waals surface area contributed by atoms with Gasteiger partial charge in [0.2, 0.25) is 11.4 Å². The summed E-state index contributed by atoms with van der Waals surface area (Å²) in [6.07, 6.45) is 10.1. The van der Waals surface area contributed by atoms with Crippen LogP contribution >= 0.6 is 39.1 Å². The van der Waals surface area contributed by atoms with Crippen molar-refractivity contribution in [3.05, 3.63) is 176 Å². The summed E-state index contributed by atoms with van der Waals surface area (Å²) >= 11 is 16.3. The zero-order chi connectivity index (χ0) is 39.9. The molecule has 0 unspecified atom stereocenters. The van der Waals surface area contributed by atoms with Crippen LogP contribution in [0.2, 0.25) is 10.0 Å². The van der Waals surface area contributed by atoms with Gasteiger partial charge in [0, 0.05) is 59.0 Å². The molecular weight excluding hydrogens is 823 g/mol. The Kier molecular flexibility index (Phi) is 11.4. The monoisotopic (exact) mass is 846 g/mol. The van der Waals surface area contributed by atoms with Crippen molar-refractivity contribution < 1.29 is 0 Å². The van der Waals surface area contributed by atoms with Crippen LogP contribution in [0.4, 0.5) is 23.0 Å². The Morgan fingerprint density at radius 2 is 1.18 bits per heavy atom. The van der Waals surface area contributed by atoms with Gasteiger partial charge in [-0.1, -0.05) is 71.7 Å². The summed E-state index contributed by atoms with van der Waals surface area (Å²) in [6.45, 7) is 16.6. The number of nitrogens with zero attached hydrogens (tertiary/aromatic N) is 10. The second-order valence-corrected chi connectivity index (χ2v) is 13.8. The molecule has 6 aromatic heterocycles. The van der Waals surface area contributed by atoms with Gasteiger partial charge < -0.3 is 10.6 Å². The Morgan fingerprint density at radius 3 is 1.67 bits per heavy atom. The van der Waals surface area contributed by atoms with Gasteiger partial charge in [0.15, 0.2) is 0 Å². The lowest BCUT2D eigenvalue weighted by molar-refractivity contribution is 0.944. The van der Waals surface area contributed by atoms with Crippen molar-refractivity contribution in [2.45, 2.75) is 13.1 Å². The summed E-state index contributed by atoms with van der Waals surface area (Å²) in [5, 5.41) is 36.0. The standard InChI is InChI=1S/C21H12BrClN6.C21H13ClN6/c1-25-19-18(14-6-2-3-7-17(14)23)15(9-24)20-16(22)12-28-29(20)21(19)27-11-13-5-4-8-26-10-13;1-24-20-19(15-6-2-3-7-17(15)22)16(11-23)18-8-10-27-28(18)21(20)26-13-14-5-4-9-25-12-14/h2-8,10,12,27H,11H2;2-10,12,26H,13H2. The predicted octanol–water partition coefficient (Wildman–Crippen LogP) is 10.9. The first-order valence-corrected chi connectivity index (χ1v) is 18.5. The third kappa shape index (κ3) is 7.43. The summed E-state index contributed by atoms with van der Waals surface area (Å²) in [4.78, 5) is 15.7. The number of nitriles is 2. The van der Waals surface area contributed by atoms with E-state index in [2.05, 4.69) is 68.6 Å². The van der Waals surface area contributed by atoms with Crippen LogP contribution in [0.3, 0.4) is 0 Å². The number of pyridine rings is 4. The summed E-state index contributed by atoms with van der Waals surface area (Å²) in [5.41, 5.74) is 6.61. The molecule has 274 valence electrons. The molecule has 2 N–H and O–H groups in total. The highest BCUT2D eigenvalue weighted by Gasteiger charge is 2.26. The minimum atomic E-state index is 0.279. The van der Waals surface area contributed by atoms with E-state index in [1.165, 1.54) is 0 Å². The fourth-order valence-corrected chi connectivity index (χ4v) is 7.22. The Morgan fingerprint density at radius 1 is 0.649 bits per heavy atom. The molecule has 0 aliphatic rings. The van der Waals surface area contributed by atoms with Crippen LogP contribution in [0.1, 0.15) is 22.3 Å². The van der Waals surface area contributed by atoms with E-state index >= 15 is 0 Å². The van der Waals surface area contributed by atoms with E-state index in [0.29, 0.717) is 89.3 Å². The van der Waals surface area contributed by atoms with E-state index < -0.39 is 0 Å². The summed E-state index contributed by atoms with van der Waals surface area (Å²) in [6, 6.07) is 28.2. The molecule has 0 bridgehead atoms. The van der Waals surface area contributed by atoms with Crippen LogP contribution < -0.4 is 10.6 Å². The lowest BCUT2D eigenvalue weighted by Gasteiger charge is -2.17. The molecule has 6 heterocycles. The largest absolute Gasteiger partial charge is 0.375 e. The Hall–Kier alpha value is -7.26. The molecule has 8 aromatic rings. The molecule has 15 heteroatoms. The number of anilines is 2. The molecular formula is C42H25BrCl2N12. The van der Waals surface area contributed by atoms with Crippen molar-refractivity contribution in [2.75, 3.05) is 10.6 Å². The van der Waals surface area contributed by atoms with Crippen molar-refractivity contribution in [1.29, 1.82) is 10.5 Å². The molecule has 8 rings (SSSR count). The molecule has 0 saturated heterocycles. The van der Waals surface area contributed by atoms with Gasteiger partial charge in [-0.3, -0.25) is 9.97 Å². The Balaban J connectivity index is 0.000000174. The number of aromatic nitrogens is 6. The van der Waals surface area contributed by atoms with E-state index in [1.54, 1.807) is 70.5 Å². The maximum atomic E-state index is 9.94. The second kappa shape index (κ2) is 17.0. The highest BCUT2D eigenvalue weighted by Crippen LogP contribution is 2.46. The van der Waals surface area contributed by atoms with Crippen molar-refractivity contribution in [3.8, 4) is 34.4 Å². The molecule has 0 aliphatic carbocycles. The van der Waals surface area contributed by atoms with Crippen molar-refractivity contribution in [3.63, 3.8) is 0 Å². The normalized spacial score (nSPS) is 10.4. The molecule has 57 heavy (non-hydrogen) atoms. The molecule has 2 aromatic carbocycles. The lowest BCUT2D eigenvalue weighted by atomic mass is 9.98. The quantitative estimate of drug-likeness (QED) is 0.144. The van der Waals surface area contributed by atoms with E-state index in [1.807, 2.05) is 54.6 Å². The van der Waals surface area contributed by atoms with E-state index in [-0.39, 0.29) is 5.69 Å². The van der Waals surface area contributed by atoms with Gasteiger partial charge in [-0.2, -0.15) is 20.7 Å². The number of hydrogen-bond acceptors (Lipinski definition) is 8. The van der Waals surface area contributed by atoms with Crippen molar-refractivity contribution >= 4 is 73.2 Å². The van der Waals surface area contributed by atoms with Crippen LogP contribution in [0.25, 0.3) is 43.0 Å². The highest BCUT2D eigenvalue weighted by molar-refractivity contribution is 9.10. The fourth-order valence-electron chi connectivity index (χ4n) is 6.30. The molecule has 0 aliphatic heterocycles. The summed E-state index contributed by atoms with van der Waals surface area (Å²) in [5.74, 6) is 0.992. The van der Waals surface area contributed by atoms with Crippen LogP contribution in [-0.2, 0) is 13.1 Å². The number of halogens is 3. The SMILES string of the molecule is [C-]#[N+]c1c(-c2ccccc2Cl)c(C#N)c2c(Br)cnn2c1NCc1cccnc1.[C-]#[N+]c1c(-c2ccccc2Cl)c(C#N)c2ccnn2c1NCc1cccnc1. The van der Waals surface area contributed by atoms with E-state index in [0.717, 1.165) is 11.1 Å². The number of nitrogens with one attached hydrogen (secondary N) is 2. The first-order chi connectivity index (χ1) is 27.9. The average molecular weight is 849 g/mol. The van der Waals surface area contributed by atoms with Crippen LogP contribution in [0, 0.1) is 35.8 Å². The number of fused-ring (bicyclic) bond motifs is 2. The Bertz CT molecular complexity index is 2950. The van der Waals surface area contributed by atoms with Gasteiger partial charge in [0.1, 0.15) is 23.8 Å². The van der Waals surface area contributed by atoms with Gasteiger partial charge in [-0.15, -0.1) is 0 Å². The fraction of sp³-hybridized carbons (Fsp3) is 0.0476. The molecule has 0 atom stereocenters. The smallest absolute Gasteiger partial charge is 0.237 e. The number of benzene rings is 2. The summed E-state index contributed by atoms with van der Waals surface area (Å²) in [7, 11) is 0. The number of hydrogen-bond donors (Lipinski definition) is 2. The third-order valence-electron chi connectivity index (χ3n) is 8.81. The minimum absolute atomic E-state index is 0.279. The third-order valence-corrected chi connectivity index (χ3v) is 10.0. The highest BCUT2D eigenvalue weighted by atomic mass is 79.9. The van der Waals surface area contributed by atoms with Crippen LogP contribution in [0.15, 0.2) is 121 Å². The zero-order valence-corrected chi connectivity index (χ0v) is 32.6. The van der Waals surface area contributed by atoms with Gasteiger partial charge in [-0.05, 0) is 68.5 Å². The molecule has 0 fully saturated rings. The minimum Gasteiger partial charge on any atom is -0.375 e. The molecule has 0 saturated carbocycles. The number of rotatable bonds is 8. The first kappa shape index (κ1) is 38.0. The maximum absolute atomic E-state index is 9.94. The molecule has 0 spiro atoms. The van der Waals surface area contributed by atoms with Crippen molar-refractivity contribution in [1.82, 2.24) is 29.2 Å². The Labute approximate surface area is 345 Å². The topological polar surface area (TPSA) is 141 Å². The van der Waals surface area contributed by atoms with E-state index in [9.17, 15) is 10.5 Å². The average Bonchev–Trinajstić information content (AvgIpc) is 3.89. The first-order valence-electron chi connectivity index (χ1n) is 17.0. The predicted molar refractivity (Wildman–Crippen MR) is 224 cm³/mol. The van der Waals surface area contributed by atoms with Gasteiger partial charge in [-0.25, -0.2) is 18.7 Å². The lowest BCUT2D eigenvalue weighted by Crippen LogP contribution is -2.08. The van der Waals surface area contributed by atoms with Gasteiger partial charge >= 0.3 is 0 Å². The van der Waals surface area contributed by atoms with Gasteiger partial charge in [0.05, 0.1) is 52.2 Å². The van der Waals surface area contributed by atoms with E-state index in [4.69, 9.17) is 36.3 Å². The van der Waals surface area contributed by atoms with Gasteiger partial charge in [0.25, 0.3) is 0 Å². The zero-order valence-electron chi connectivity index (χ0n) is 29.5. The van der Waals surface area contributed by atoms with Crippen LogP contribution in [0.5, 0.6) is 0 Å².